The molecule has 6 heteroatoms. The van der Waals surface area contributed by atoms with Crippen LogP contribution in [0.1, 0.15) is 11.1 Å². The van der Waals surface area contributed by atoms with E-state index in [2.05, 4.69) is 22.4 Å². The van der Waals surface area contributed by atoms with Crippen molar-refractivity contribution < 1.29 is 0 Å². The summed E-state index contributed by atoms with van der Waals surface area (Å²) in [4.78, 5) is 25.5. The van der Waals surface area contributed by atoms with Crippen molar-refractivity contribution in [2.45, 2.75) is 18.9 Å². The third-order valence-corrected chi connectivity index (χ3v) is 3.77. The number of nitrogens with zero attached hydrogens (tertiary/aromatic N) is 1. The molecule has 0 fully saturated rings. The minimum atomic E-state index is -0.507. The molecule has 104 valence electrons. The quantitative estimate of drug-likeness (QED) is 0.730. The summed E-state index contributed by atoms with van der Waals surface area (Å²) in [7, 11) is 1.53. The van der Waals surface area contributed by atoms with Crippen LogP contribution in [0.2, 0.25) is 0 Å². The monoisotopic (exact) mass is 272 g/mol. The zero-order valence-corrected chi connectivity index (χ0v) is 11.1. The van der Waals surface area contributed by atoms with Crippen LogP contribution in [-0.2, 0) is 19.9 Å². The minimum absolute atomic E-state index is 0.119. The number of hydrogen-bond acceptors (Lipinski definition) is 4. The summed E-state index contributed by atoms with van der Waals surface area (Å²) in [6.07, 6.45) is 1.69. The van der Waals surface area contributed by atoms with Gasteiger partial charge in [-0.3, -0.25) is 14.3 Å². The Morgan fingerprint density at radius 2 is 1.85 bits per heavy atom. The lowest BCUT2D eigenvalue weighted by Crippen LogP contribution is -2.34. The maximum atomic E-state index is 11.9. The highest BCUT2D eigenvalue weighted by molar-refractivity contribution is 5.61. The third kappa shape index (κ3) is 1.99. The van der Waals surface area contributed by atoms with Gasteiger partial charge in [0.1, 0.15) is 11.5 Å². The van der Waals surface area contributed by atoms with Crippen LogP contribution in [0.4, 0.5) is 11.5 Å². The number of nitrogens with two attached hydrogens (primary N) is 1. The summed E-state index contributed by atoms with van der Waals surface area (Å²) >= 11 is 0. The molecule has 0 atom stereocenters. The smallest absolute Gasteiger partial charge is 0.329 e. The van der Waals surface area contributed by atoms with Crippen molar-refractivity contribution >= 4 is 11.5 Å². The summed E-state index contributed by atoms with van der Waals surface area (Å²) in [5.41, 5.74) is 7.70. The van der Waals surface area contributed by atoms with E-state index in [0.29, 0.717) is 0 Å². The Balaban J connectivity index is 1.90. The highest BCUT2D eigenvalue weighted by atomic mass is 16.2. The second-order valence-corrected chi connectivity index (χ2v) is 5.10. The fourth-order valence-electron chi connectivity index (χ4n) is 2.64. The van der Waals surface area contributed by atoms with Crippen LogP contribution < -0.4 is 22.3 Å². The number of nitrogens with one attached hydrogen (secondary N) is 2. The molecule has 0 amide bonds. The van der Waals surface area contributed by atoms with Gasteiger partial charge < -0.3 is 11.1 Å². The molecule has 0 bridgehead atoms. The van der Waals surface area contributed by atoms with E-state index in [1.807, 2.05) is 12.1 Å². The lowest BCUT2D eigenvalue weighted by atomic mass is 10.1. The van der Waals surface area contributed by atoms with Gasteiger partial charge in [-0.25, -0.2) is 4.79 Å². The molecule has 0 unspecified atom stereocenters. The molecule has 0 aliphatic heterocycles. The predicted molar refractivity (Wildman–Crippen MR) is 78.0 cm³/mol. The van der Waals surface area contributed by atoms with Crippen LogP contribution >= 0.6 is 0 Å². The molecule has 20 heavy (non-hydrogen) atoms. The molecule has 6 nitrogen and oxygen atoms in total. The summed E-state index contributed by atoms with van der Waals surface area (Å²) < 4.78 is 1.23. The van der Waals surface area contributed by atoms with Gasteiger partial charge in [-0.15, -0.1) is 0 Å². The number of rotatable bonds is 2. The molecular formula is C14H16N4O2. The van der Waals surface area contributed by atoms with Crippen molar-refractivity contribution in [3.63, 3.8) is 0 Å². The fraction of sp³-hybridized carbons (Fsp3) is 0.286. The Kier molecular flexibility index (Phi) is 2.85. The number of nitrogen functional groups attached to an aromatic ring is 1. The van der Waals surface area contributed by atoms with E-state index < -0.39 is 11.2 Å². The molecule has 0 spiro atoms. The normalized spacial score (nSPS) is 14.2. The Hall–Kier alpha value is -2.50. The molecule has 4 N–H and O–H groups in total. The lowest BCUT2D eigenvalue weighted by molar-refractivity contribution is 0.757. The van der Waals surface area contributed by atoms with E-state index in [1.165, 1.54) is 22.7 Å². The Morgan fingerprint density at radius 3 is 2.45 bits per heavy atom. The van der Waals surface area contributed by atoms with Crippen molar-refractivity contribution in [1.29, 1.82) is 0 Å². The first kappa shape index (κ1) is 12.5. The molecule has 3 rings (SSSR count). The first-order valence-corrected chi connectivity index (χ1v) is 6.48. The van der Waals surface area contributed by atoms with Gasteiger partial charge >= 0.3 is 5.69 Å². The molecule has 1 heterocycles. The molecule has 0 saturated heterocycles. The number of hydrogen-bond donors (Lipinski definition) is 3. The van der Waals surface area contributed by atoms with Crippen molar-refractivity contribution in [3.8, 4) is 0 Å². The second kappa shape index (κ2) is 4.56. The van der Waals surface area contributed by atoms with Gasteiger partial charge in [-0.2, -0.15) is 0 Å². The van der Waals surface area contributed by atoms with Crippen LogP contribution in [0.15, 0.2) is 33.9 Å². The van der Waals surface area contributed by atoms with Crippen molar-refractivity contribution in [2.24, 2.45) is 7.05 Å². The average Bonchev–Trinajstić information content (AvgIpc) is 2.83. The second-order valence-electron chi connectivity index (χ2n) is 5.10. The number of fused-ring (bicyclic) bond motifs is 1. The zero-order chi connectivity index (χ0) is 14.3. The molecule has 1 aromatic heterocycles. The maximum Gasteiger partial charge on any atom is 0.329 e. The summed E-state index contributed by atoms with van der Waals surface area (Å²) in [5.74, 6) is 0.162. The SMILES string of the molecule is Cn1c(N)c(NC2Cc3ccccc3C2)c(=O)[nH]c1=O. The number of benzene rings is 1. The van der Waals surface area contributed by atoms with E-state index in [1.54, 1.807) is 0 Å². The van der Waals surface area contributed by atoms with E-state index >= 15 is 0 Å². The van der Waals surface area contributed by atoms with E-state index in [0.717, 1.165) is 12.8 Å². The summed E-state index contributed by atoms with van der Waals surface area (Å²) in [6.45, 7) is 0. The van der Waals surface area contributed by atoms with Crippen molar-refractivity contribution in [1.82, 2.24) is 9.55 Å². The Bertz CT molecular complexity index is 750. The molecular weight excluding hydrogens is 256 g/mol. The van der Waals surface area contributed by atoms with Gasteiger partial charge in [-0.05, 0) is 24.0 Å². The van der Waals surface area contributed by atoms with Crippen molar-refractivity contribution in [3.05, 3.63) is 56.2 Å². The highest BCUT2D eigenvalue weighted by Crippen LogP contribution is 2.24. The molecule has 2 aromatic rings. The molecule has 1 aliphatic rings. The van der Waals surface area contributed by atoms with Crippen LogP contribution in [0.3, 0.4) is 0 Å². The van der Waals surface area contributed by atoms with Crippen LogP contribution in [0.5, 0.6) is 0 Å². The van der Waals surface area contributed by atoms with Crippen LogP contribution in [-0.4, -0.2) is 15.6 Å². The molecule has 1 aliphatic carbocycles. The van der Waals surface area contributed by atoms with Crippen LogP contribution in [0, 0.1) is 0 Å². The third-order valence-electron chi connectivity index (χ3n) is 3.77. The number of aromatic amines is 1. The van der Waals surface area contributed by atoms with E-state index in [9.17, 15) is 9.59 Å². The number of H-pyrrole nitrogens is 1. The number of anilines is 2. The van der Waals surface area contributed by atoms with E-state index in [-0.39, 0.29) is 17.5 Å². The van der Waals surface area contributed by atoms with Gasteiger partial charge in [0.25, 0.3) is 5.56 Å². The van der Waals surface area contributed by atoms with Crippen molar-refractivity contribution in [2.75, 3.05) is 11.1 Å². The van der Waals surface area contributed by atoms with Gasteiger partial charge in [0, 0.05) is 13.1 Å². The highest BCUT2D eigenvalue weighted by Gasteiger charge is 2.22. The van der Waals surface area contributed by atoms with E-state index in [4.69, 9.17) is 5.73 Å². The Labute approximate surface area is 115 Å². The Morgan fingerprint density at radius 1 is 1.25 bits per heavy atom. The summed E-state index contributed by atoms with van der Waals surface area (Å²) in [6, 6.07) is 8.31. The molecule has 0 radical (unpaired) electrons. The summed E-state index contributed by atoms with van der Waals surface area (Å²) in [5, 5.41) is 3.16. The zero-order valence-electron chi connectivity index (χ0n) is 11.1. The largest absolute Gasteiger partial charge is 0.383 e. The van der Waals surface area contributed by atoms with Gasteiger partial charge in [0.05, 0.1) is 0 Å². The lowest BCUT2D eigenvalue weighted by Gasteiger charge is -2.15. The number of aromatic nitrogens is 2. The minimum Gasteiger partial charge on any atom is -0.383 e. The standard InChI is InChI=1S/C14H16N4O2/c1-18-12(15)11(13(19)17-14(18)20)16-10-6-8-4-2-3-5-9(8)7-10/h2-5,10,16H,6-7,15H2,1H3,(H,17,19,20). The van der Waals surface area contributed by atoms with Gasteiger partial charge in [-0.1, -0.05) is 24.3 Å². The van der Waals surface area contributed by atoms with Gasteiger partial charge in [0.15, 0.2) is 0 Å². The maximum absolute atomic E-state index is 11.9. The molecule has 0 saturated carbocycles. The predicted octanol–water partition coefficient (Wildman–Crippen LogP) is 0.235. The fourth-order valence-corrected chi connectivity index (χ4v) is 2.64. The molecule has 1 aromatic carbocycles. The topological polar surface area (TPSA) is 92.9 Å². The first-order chi connectivity index (χ1) is 9.56. The first-order valence-electron chi connectivity index (χ1n) is 6.48. The van der Waals surface area contributed by atoms with Crippen LogP contribution in [0.25, 0.3) is 0 Å². The van der Waals surface area contributed by atoms with Gasteiger partial charge in [0.2, 0.25) is 0 Å². The average molecular weight is 272 g/mol.